The SMILES string of the molecule is Nc1ccc(=O)n(CCCS(=O)c2cccs2)c1. The molecule has 18 heavy (non-hydrogen) atoms. The Morgan fingerprint density at radius 2 is 2.17 bits per heavy atom. The van der Waals surface area contributed by atoms with Crippen LogP contribution in [0.1, 0.15) is 6.42 Å². The summed E-state index contributed by atoms with van der Waals surface area (Å²) in [6.45, 7) is 0.543. The maximum atomic E-state index is 11.9. The minimum atomic E-state index is -0.966. The Labute approximate surface area is 112 Å². The number of hydrogen-bond donors (Lipinski definition) is 1. The van der Waals surface area contributed by atoms with Gasteiger partial charge in [-0.15, -0.1) is 11.3 Å². The molecule has 0 aliphatic carbocycles. The molecule has 0 spiro atoms. The summed E-state index contributed by atoms with van der Waals surface area (Å²) in [5.74, 6) is 0.557. The molecule has 0 fully saturated rings. The molecule has 1 atom stereocenters. The van der Waals surface area contributed by atoms with Gasteiger partial charge in [-0.05, 0) is 23.9 Å². The second-order valence-corrected chi connectivity index (χ2v) is 6.57. The van der Waals surface area contributed by atoms with E-state index >= 15 is 0 Å². The highest BCUT2D eigenvalue weighted by atomic mass is 32.2. The van der Waals surface area contributed by atoms with Gasteiger partial charge in [-0.2, -0.15) is 0 Å². The zero-order valence-electron chi connectivity index (χ0n) is 9.74. The molecule has 0 amide bonds. The summed E-state index contributed by atoms with van der Waals surface area (Å²) in [6.07, 6.45) is 2.31. The largest absolute Gasteiger partial charge is 0.398 e. The Bertz CT molecular complexity index is 590. The van der Waals surface area contributed by atoms with Crippen molar-refractivity contribution in [3.05, 3.63) is 46.2 Å². The maximum Gasteiger partial charge on any atom is 0.250 e. The molecule has 2 aromatic rings. The quantitative estimate of drug-likeness (QED) is 0.907. The van der Waals surface area contributed by atoms with Crippen LogP contribution < -0.4 is 11.3 Å². The van der Waals surface area contributed by atoms with Gasteiger partial charge in [0.1, 0.15) is 0 Å². The molecule has 0 aliphatic rings. The Morgan fingerprint density at radius 3 is 2.89 bits per heavy atom. The number of rotatable bonds is 5. The number of pyridine rings is 1. The Morgan fingerprint density at radius 1 is 1.33 bits per heavy atom. The number of nitrogens with two attached hydrogens (primary N) is 1. The zero-order chi connectivity index (χ0) is 13.0. The predicted octanol–water partition coefficient (Wildman–Crippen LogP) is 1.69. The van der Waals surface area contributed by atoms with Gasteiger partial charge in [0.15, 0.2) is 0 Å². The van der Waals surface area contributed by atoms with E-state index in [0.29, 0.717) is 24.4 Å². The standard InChI is InChI=1S/C12H14N2O2S2/c13-10-4-5-11(15)14(9-10)6-2-8-18(16)12-3-1-7-17-12/h1,3-5,7,9H,2,6,8,13H2. The van der Waals surface area contributed by atoms with Crippen LogP contribution in [0.3, 0.4) is 0 Å². The molecule has 4 nitrogen and oxygen atoms in total. The molecule has 0 aromatic carbocycles. The second kappa shape index (κ2) is 5.97. The summed E-state index contributed by atoms with van der Waals surface area (Å²) in [7, 11) is -0.966. The number of aromatic nitrogens is 1. The van der Waals surface area contributed by atoms with Crippen LogP contribution in [-0.4, -0.2) is 14.5 Å². The molecular formula is C12H14N2O2S2. The molecule has 0 aliphatic heterocycles. The van der Waals surface area contributed by atoms with E-state index in [-0.39, 0.29) is 5.56 Å². The van der Waals surface area contributed by atoms with E-state index in [9.17, 15) is 9.00 Å². The van der Waals surface area contributed by atoms with Crippen LogP contribution in [0.15, 0.2) is 44.8 Å². The molecule has 2 aromatic heterocycles. The molecule has 0 bridgehead atoms. The van der Waals surface area contributed by atoms with E-state index < -0.39 is 10.8 Å². The molecule has 0 saturated heterocycles. The Hall–Kier alpha value is -1.40. The van der Waals surface area contributed by atoms with Gasteiger partial charge >= 0.3 is 0 Å². The van der Waals surface area contributed by atoms with Crippen molar-refractivity contribution in [3.8, 4) is 0 Å². The Balaban J connectivity index is 1.91. The predicted molar refractivity (Wildman–Crippen MR) is 75.3 cm³/mol. The molecule has 2 rings (SSSR count). The van der Waals surface area contributed by atoms with Gasteiger partial charge in [0.25, 0.3) is 5.56 Å². The first-order chi connectivity index (χ1) is 8.66. The number of hydrogen-bond acceptors (Lipinski definition) is 4. The van der Waals surface area contributed by atoms with Gasteiger partial charge in [-0.1, -0.05) is 6.07 Å². The summed E-state index contributed by atoms with van der Waals surface area (Å²) >= 11 is 1.49. The van der Waals surface area contributed by atoms with Crippen LogP contribution in [0, 0.1) is 0 Å². The lowest BCUT2D eigenvalue weighted by Crippen LogP contribution is -2.19. The maximum absolute atomic E-state index is 11.9. The minimum absolute atomic E-state index is 0.0777. The third-order valence-electron chi connectivity index (χ3n) is 2.45. The van der Waals surface area contributed by atoms with Gasteiger partial charge in [-0.25, -0.2) is 0 Å². The fourth-order valence-corrected chi connectivity index (χ4v) is 3.70. The number of nitrogens with zero attached hydrogens (tertiary/aromatic N) is 1. The molecule has 96 valence electrons. The molecule has 2 heterocycles. The van der Waals surface area contributed by atoms with E-state index in [1.165, 1.54) is 17.4 Å². The lowest BCUT2D eigenvalue weighted by molar-refractivity contribution is 0.645. The van der Waals surface area contributed by atoms with Crippen LogP contribution in [0.5, 0.6) is 0 Å². The summed E-state index contributed by atoms with van der Waals surface area (Å²) in [4.78, 5) is 11.5. The first kappa shape index (κ1) is 13.0. The van der Waals surface area contributed by atoms with Crippen molar-refractivity contribution < 1.29 is 4.21 Å². The van der Waals surface area contributed by atoms with Crippen molar-refractivity contribution in [3.63, 3.8) is 0 Å². The molecule has 1 unspecified atom stereocenters. The highest BCUT2D eigenvalue weighted by Crippen LogP contribution is 2.14. The summed E-state index contributed by atoms with van der Waals surface area (Å²) in [5, 5.41) is 1.91. The fraction of sp³-hybridized carbons (Fsp3) is 0.250. The van der Waals surface area contributed by atoms with Crippen LogP contribution in [0.25, 0.3) is 0 Å². The normalized spacial score (nSPS) is 12.4. The first-order valence-corrected chi connectivity index (χ1v) is 7.74. The van der Waals surface area contributed by atoms with Crippen LogP contribution >= 0.6 is 11.3 Å². The van der Waals surface area contributed by atoms with Crippen molar-refractivity contribution in [1.82, 2.24) is 4.57 Å². The van der Waals surface area contributed by atoms with E-state index in [4.69, 9.17) is 5.73 Å². The van der Waals surface area contributed by atoms with Crippen molar-refractivity contribution in [2.24, 2.45) is 0 Å². The lowest BCUT2D eigenvalue weighted by atomic mass is 10.4. The highest BCUT2D eigenvalue weighted by Gasteiger charge is 2.05. The van der Waals surface area contributed by atoms with E-state index in [1.807, 2.05) is 17.5 Å². The van der Waals surface area contributed by atoms with Crippen molar-refractivity contribution in [1.29, 1.82) is 0 Å². The zero-order valence-corrected chi connectivity index (χ0v) is 11.4. The van der Waals surface area contributed by atoms with Crippen LogP contribution in [0.2, 0.25) is 0 Å². The van der Waals surface area contributed by atoms with Crippen LogP contribution in [-0.2, 0) is 17.3 Å². The summed E-state index contributed by atoms with van der Waals surface area (Å²) < 4.78 is 14.3. The Kier molecular flexibility index (Phi) is 4.33. The van der Waals surface area contributed by atoms with E-state index in [1.54, 1.807) is 16.8 Å². The third kappa shape index (κ3) is 3.30. The third-order valence-corrected chi connectivity index (χ3v) is 5.21. The topological polar surface area (TPSA) is 65.1 Å². The fourth-order valence-electron chi connectivity index (χ4n) is 1.58. The molecule has 0 radical (unpaired) electrons. The lowest BCUT2D eigenvalue weighted by Gasteiger charge is -2.05. The van der Waals surface area contributed by atoms with Gasteiger partial charge in [0.2, 0.25) is 0 Å². The van der Waals surface area contributed by atoms with E-state index in [0.717, 1.165) is 4.21 Å². The van der Waals surface area contributed by atoms with E-state index in [2.05, 4.69) is 0 Å². The van der Waals surface area contributed by atoms with Crippen molar-refractivity contribution in [2.75, 3.05) is 11.5 Å². The number of anilines is 1. The molecule has 6 heteroatoms. The van der Waals surface area contributed by atoms with Crippen molar-refractivity contribution in [2.45, 2.75) is 17.2 Å². The van der Waals surface area contributed by atoms with Gasteiger partial charge < -0.3 is 10.3 Å². The molecular weight excluding hydrogens is 268 g/mol. The number of nitrogen functional groups attached to an aromatic ring is 1. The minimum Gasteiger partial charge on any atom is -0.398 e. The first-order valence-electron chi connectivity index (χ1n) is 5.54. The molecule has 2 N–H and O–H groups in total. The second-order valence-electron chi connectivity index (χ2n) is 3.83. The monoisotopic (exact) mass is 282 g/mol. The number of aryl methyl sites for hydroxylation is 1. The summed E-state index contributed by atoms with van der Waals surface area (Å²) in [6, 6.07) is 6.79. The summed E-state index contributed by atoms with van der Waals surface area (Å²) in [5.41, 5.74) is 6.10. The smallest absolute Gasteiger partial charge is 0.250 e. The molecule has 0 saturated carbocycles. The highest BCUT2D eigenvalue weighted by molar-refractivity contribution is 7.87. The van der Waals surface area contributed by atoms with Gasteiger partial charge in [0.05, 0.1) is 15.0 Å². The number of thiophene rings is 1. The average Bonchev–Trinajstić information content (AvgIpc) is 2.87. The van der Waals surface area contributed by atoms with Gasteiger partial charge in [0, 0.05) is 30.2 Å². The van der Waals surface area contributed by atoms with Gasteiger partial charge in [-0.3, -0.25) is 9.00 Å². The van der Waals surface area contributed by atoms with Crippen LogP contribution in [0.4, 0.5) is 5.69 Å². The average molecular weight is 282 g/mol. The van der Waals surface area contributed by atoms with Crippen molar-refractivity contribution >= 4 is 27.8 Å².